The summed E-state index contributed by atoms with van der Waals surface area (Å²) in [5.74, 6) is 0.939. The summed E-state index contributed by atoms with van der Waals surface area (Å²) < 4.78 is 1.95. The molecule has 0 bridgehead atoms. The third-order valence-corrected chi connectivity index (χ3v) is 3.32. The Bertz CT molecular complexity index is 594. The highest BCUT2D eigenvalue weighted by atomic mass is 16.6. The van der Waals surface area contributed by atoms with E-state index in [0.717, 1.165) is 17.8 Å². The zero-order chi connectivity index (χ0) is 14.5. The van der Waals surface area contributed by atoms with E-state index < -0.39 is 0 Å². The van der Waals surface area contributed by atoms with Crippen LogP contribution in [0.3, 0.4) is 0 Å². The van der Waals surface area contributed by atoms with Crippen molar-refractivity contribution in [2.45, 2.75) is 25.9 Å². The average Bonchev–Trinajstić information content (AvgIpc) is 2.85. The largest absolute Gasteiger partial charge is 0.337 e. The van der Waals surface area contributed by atoms with Crippen molar-refractivity contribution in [3.63, 3.8) is 0 Å². The van der Waals surface area contributed by atoms with Crippen LogP contribution in [0, 0.1) is 10.1 Å². The molecule has 2 rings (SSSR count). The lowest BCUT2D eigenvalue weighted by molar-refractivity contribution is -0.384. The molecule has 1 aromatic carbocycles. The van der Waals surface area contributed by atoms with Crippen molar-refractivity contribution in [3.05, 3.63) is 58.2 Å². The monoisotopic (exact) mass is 274 g/mol. The van der Waals surface area contributed by atoms with E-state index in [1.807, 2.05) is 23.9 Å². The van der Waals surface area contributed by atoms with Gasteiger partial charge in [0, 0.05) is 37.6 Å². The molecular weight excluding hydrogens is 256 g/mol. The van der Waals surface area contributed by atoms with E-state index in [0.29, 0.717) is 6.54 Å². The summed E-state index contributed by atoms with van der Waals surface area (Å²) in [5.41, 5.74) is 1.05. The summed E-state index contributed by atoms with van der Waals surface area (Å²) in [6.07, 6.45) is 4.50. The minimum absolute atomic E-state index is 0.0756. The highest BCUT2D eigenvalue weighted by Gasteiger charge is 2.13. The molecule has 6 nitrogen and oxygen atoms in total. The number of hydrogen-bond donors (Lipinski definition) is 1. The van der Waals surface area contributed by atoms with Gasteiger partial charge >= 0.3 is 0 Å². The summed E-state index contributed by atoms with van der Waals surface area (Å²) >= 11 is 0. The molecule has 6 heteroatoms. The highest BCUT2D eigenvalue weighted by molar-refractivity contribution is 5.35. The molecule has 0 aliphatic rings. The van der Waals surface area contributed by atoms with Crippen LogP contribution < -0.4 is 5.32 Å². The minimum atomic E-state index is -0.366. The second-order valence-electron chi connectivity index (χ2n) is 4.65. The SMILES string of the molecule is CCC(NCc1nccn1C)c1cccc([N+](=O)[O-])c1. The first kappa shape index (κ1) is 14.2. The van der Waals surface area contributed by atoms with Crippen molar-refractivity contribution in [2.24, 2.45) is 7.05 Å². The van der Waals surface area contributed by atoms with Crippen molar-refractivity contribution in [1.82, 2.24) is 14.9 Å². The van der Waals surface area contributed by atoms with Crippen LogP contribution in [-0.2, 0) is 13.6 Å². The van der Waals surface area contributed by atoms with E-state index in [9.17, 15) is 10.1 Å². The molecule has 0 radical (unpaired) electrons. The van der Waals surface area contributed by atoms with Gasteiger partial charge in [0.1, 0.15) is 5.82 Å². The normalized spacial score (nSPS) is 12.3. The average molecular weight is 274 g/mol. The number of non-ortho nitro benzene ring substituents is 1. The molecule has 0 spiro atoms. The molecule has 106 valence electrons. The van der Waals surface area contributed by atoms with Crippen molar-refractivity contribution < 1.29 is 4.92 Å². The summed E-state index contributed by atoms with van der Waals surface area (Å²) in [4.78, 5) is 14.7. The van der Waals surface area contributed by atoms with Crippen LogP contribution in [0.4, 0.5) is 5.69 Å². The van der Waals surface area contributed by atoms with Gasteiger partial charge in [0.2, 0.25) is 0 Å². The Balaban J connectivity index is 2.10. The Morgan fingerprint density at radius 2 is 2.30 bits per heavy atom. The van der Waals surface area contributed by atoms with Gasteiger partial charge in [0.15, 0.2) is 0 Å². The van der Waals surface area contributed by atoms with Crippen LogP contribution in [0.15, 0.2) is 36.7 Å². The van der Waals surface area contributed by atoms with E-state index in [-0.39, 0.29) is 16.7 Å². The molecule has 2 aromatic rings. The van der Waals surface area contributed by atoms with Gasteiger partial charge in [-0.25, -0.2) is 4.98 Å². The fourth-order valence-electron chi connectivity index (χ4n) is 2.13. The van der Waals surface area contributed by atoms with Gasteiger partial charge in [0.05, 0.1) is 11.5 Å². The Kier molecular flexibility index (Phi) is 4.47. The van der Waals surface area contributed by atoms with E-state index in [1.165, 1.54) is 6.07 Å². The Hall–Kier alpha value is -2.21. The number of nitrogens with one attached hydrogen (secondary N) is 1. The lowest BCUT2D eigenvalue weighted by Gasteiger charge is -2.17. The van der Waals surface area contributed by atoms with Crippen molar-refractivity contribution in [1.29, 1.82) is 0 Å². The quantitative estimate of drug-likeness (QED) is 0.649. The summed E-state index contributed by atoms with van der Waals surface area (Å²) in [6, 6.07) is 6.84. The Morgan fingerprint density at radius 3 is 2.90 bits per heavy atom. The second kappa shape index (κ2) is 6.29. The van der Waals surface area contributed by atoms with Crippen LogP contribution in [0.2, 0.25) is 0 Å². The maximum atomic E-state index is 10.8. The Labute approximate surface area is 117 Å². The molecule has 0 aliphatic carbocycles. The van der Waals surface area contributed by atoms with Crippen LogP contribution in [-0.4, -0.2) is 14.5 Å². The van der Waals surface area contributed by atoms with E-state index in [1.54, 1.807) is 18.3 Å². The third kappa shape index (κ3) is 3.21. The number of aromatic nitrogens is 2. The van der Waals surface area contributed by atoms with Crippen molar-refractivity contribution >= 4 is 5.69 Å². The number of nitro groups is 1. The van der Waals surface area contributed by atoms with Gasteiger partial charge in [-0.05, 0) is 12.0 Å². The van der Waals surface area contributed by atoms with Gasteiger partial charge in [-0.15, -0.1) is 0 Å². The van der Waals surface area contributed by atoms with Gasteiger partial charge < -0.3 is 9.88 Å². The highest BCUT2D eigenvalue weighted by Crippen LogP contribution is 2.21. The number of aryl methyl sites for hydroxylation is 1. The molecule has 0 aliphatic heterocycles. The first-order valence-corrected chi connectivity index (χ1v) is 6.55. The fourth-order valence-corrected chi connectivity index (χ4v) is 2.13. The summed E-state index contributed by atoms with van der Waals surface area (Å²) in [5, 5.41) is 14.2. The number of nitrogens with zero attached hydrogens (tertiary/aromatic N) is 3. The predicted octanol–water partition coefficient (Wildman–Crippen LogP) is 2.57. The molecule has 1 atom stereocenters. The molecule has 0 amide bonds. The smallest absolute Gasteiger partial charge is 0.269 e. The topological polar surface area (TPSA) is 73.0 Å². The van der Waals surface area contributed by atoms with Crippen molar-refractivity contribution in [2.75, 3.05) is 0 Å². The number of hydrogen-bond acceptors (Lipinski definition) is 4. The third-order valence-electron chi connectivity index (χ3n) is 3.32. The molecule has 20 heavy (non-hydrogen) atoms. The molecule has 0 saturated heterocycles. The predicted molar refractivity (Wildman–Crippen MR) is 76.2 cm³/mol. The maximum absolute atomic E-state index is 10.8. The zero-order valence-corrected chi connectivity index (χ0v) is 11.6. The fraction of sp³-hybridized carbons (Fsp3) is 0.357. The molecule has 1 heterocycles. The van der Waals surface area contributed by atoms with E-state index in [4.69, 9.17) is 0 Å². The molecule has 1 N–H and O–H groups in total. The van der Waals surface area contributed by atoms with Gasteiger partial charge in [-0.2, -0.15) is 0 Å². The second-order valence-corrected chi connectivity index (χ2v) is 4.65. The van der Waals surface area contributed by atoms with Crippen LogP contribution in [0.1, 0.15) is 30.8 Å². The maximum Gasteiger partial charge on any atom is 0.269 e. The molecule has 1 aromatic heterocycles. The lowest BCUT2D eigenvalue weighted by Crippen LogP contribution is -2.22. The zero-order valence-electron chi connectivity index (χ0n) is 11.6. The van der Waals surface area contributed by atoms with E-state index in [2.05, 4.69) is 17.2 Å². The van der Waals surface area contributed by atoms with Gasteiger partial charge in [-0.3, -0.25) is 10.1 Å². The van der Waals surface area contributed by atoms with Crippen LogP contribution in [0.5, 0.6) is 0 Å². The molecule has 0 saturated carbocycles. The summed E-state index contributed by atoms with van der Waals surface area (Å²) in [7, 11) is 1.94. The first-order chi connectivity index (χ1) is 9.61. The van der Waals surface area contributed by atoms with Crippen LogP contribution in [0.25, 0.3) is 0 Å². The molecule has 0 fully saturated rings. The molecular formula is C14H18N4O2. The summed E-state index contributed by atoms with van der Waals surface area (Å²) in [6.45, 7) is 2.68. The standard InChI is InChI=1S/C14H18N4O2/c1-3-13(16-10-14-15-7-8-17(14)2)11-5-4-6-12(9-11)18(19)20/h4-9,13,16H,3,10H2,1-2H3. The first-order valence-electron chi connectivity index (χ1n) is 6.55. The number of imidazole rings is 1. The van der Waals surface area contributed by atoms with Crippen molar-refractivity contribution in [3.8, 4) is 0 Å². The Morgan fingerprint density at radius 1 is 1.50 bits per heavy atom. The van der Waals surface area contributed by atoms with Gasteiger partial charge in [-0.1, -0.05) is 19.1 Å². The lowest BCUT2D eigenvalue weighted by atomic mass is 10.0. The minimum Gasteiger partial charge on any atom is -0.337 e. The van der Waals surface area contributed by atoms with Gasteiger partial charge in [0.25, 0.3) is 5.69 Å². The van der Waals surface area contributed by atoms with Crippen LogP contribution >= 0.6 is 0 Å². The molecule has 1 unspecified atom stereocenters. The number of nitro benzene ring substituents is 1. The number of benzene rings is 1. The van der Waals surface area contributed by atoms with E-state index >= 15 is 0 Å². The number of rotatable bonds is 6.